The van der Waals surface area contributed by atoms with E-state index in [0.29, 0.717) is 11.7 Å². The van der Waals surface area contributed by atoms with Gasteiger partial charge in [0.1, 0.15) is 5.82 Å². The van der Waals surface area contributed by atoms with E-state index in [1.165, 1.54) is 4.88 Å². The number of pyridine rings is 1. The van der Waals surface area contributed by atoms with Crippen LogP contribution in [0.5, 0.6) is 0 Å². The summed E-state index contributed by atoms with van der Waals surface area (Å²) >= 11 is 1.77. The molecule has 0 fully saturated rings. The summed E-state index contributed by atoms with van der Waals surface area (Å²) in [6.45, 7) is 4.73. The lowest BCUT2D eigenvalue weighted by Gasteiger charge is -2.04. The molecule has 0 saturated heterocycles. The summed E-state index contributed by atoms with van der Waals surface area (Å²) in [5.74, 6) is 1.92. The summed E-state index contributed by atoms with van der Waals surface area (Å²) in [4.78, 5) is 14.3. The maximum Gasteiger partial charge on any atom is 0.258 e. The van der Waals surface area contributed by atoms with Gasteiger partial charge in [0, 0.05) is 35.8 Å². The predicted octanol–water partition coefficient (Wildman–Crippen LogP) is 3.11. The zero-order chi connectivity index (χ0) is 15.4. The molecule has 0 atom stereocenters. The van der Waals surface area contributed by atoms with Gasteiger partial charge in [0.25, 0.3) is 5.89 Å². The number of thiazole rings is 1. The highest BCUT2D eigenvalue weighted by atomic mass is 32.1. The molecule has 0 bridgehead atoms. The predicted molar refractivity (Wildman–Crippen MR) is 86.0 cm³/mol. The van der Waals surface area contributed by atoms with Crippen LogP contribution in [0.1, 0.15) is 22.6 Å². The van der Waals surface area contributed by atoms with Crippen molar-refractivity contribution in [3.63, 3.8) is 0 Å². The Hall–Kier alpha value is -2.28. The van der Waals surface area contributed by atoms with Crippen LogP contribution in [0.3, 0.4) is 0 Å². The van der Waals surface area contributed by atoms with Crippen molar-refractivity contribution in [1.29, 1.82) is 0 Å². The SMILES string of the molecule is CCc1cnc(CCNc2cc(-c3nc(C)no3)ccn2)s1. The van der Waals surface area contributed by atoms with Gasteiger partial charge in [0.05, 0.1) is 5.01 Å². The van der Waals surface area contributed by atoms with Crippen molar-refractivity contribution in [3.05, 3.63) is 40.2 Å². The standard InChI is InChI=1S/C15H17N5OS/c1-3-12-9-18-14(22-12)5-7-17-13-8-11(4-6-16-13)15-19-10(2)20-21-15/h4,6,8-9H,3,5,7H2,1-2H3,(H,16,17). The molecule has 3 aromatic heterocycles. The highest BCUT2D eigenvalue weighted by Gasteiger charge is 2.07. The first-order valence-corrected chi connectivity index (χ1v) is 8.00. The first-order valence-electron chi connectivity index (χ1n) is 7.19. The first-order chi connectivity index (χ1) is 10.7. The summed E-state index contributed by atoms with van der Waals surface area (Å²) < 4.78 is 5.17. The van der Waals surface area contributed by atoms with Crippen molar-refractivity contribution < 1.29 is 4.52 Å². The molecular weight excluding hydrogens is 298 g/mol. The minimum atomic E-state index is 0.510. The van der Waals surface area contributed by atoms with Gasteiger partial charge in [-0.2, -0.15) is 4.98 Å². The number of rotatable bonds is 6. The molecule has 114 valence electrons. The zero-order valence-electron chi connectivity index (χ0n) is 12.5. The van der Waals surface area contributed by atoms with E-state index in [0.717, 1.165) is 35.8 Å². The van der Waals surface area contributed by atoms with E-state index in [2.05, 4.69) is 32.3 Å². The van der Waals surface area contributed by atoms with Crippen LogP contribution in [0.4, 0.5) is 5.82 Å². The minimum Gasteiger partial charge on any atom is -0.370 e. The second kappa shape index (κ2) is 6.65. The van der Waals surface area contributed by atoms with Crippen molar-refractivity contribution >= 4 is 17.2 Å². The second-order valence-corrected chi connectivity index (χ2v) is 6.03. The zero-order valence-corrected chi connectivity index (χ0v) is 13.4. The average Bonchev–Trinajstić information content (AvgIpc) is 3.16. The molecule has 6 nitrogen and oxygen atoms in total. The van der Waals surface area contributed by atoms with Gasteiger partial charge in [-0.1, -0.05) is 12.1 Å². The van der Waals surface area contributed by atoms with Gasteiger partial charge in [0.15, 0.2) is 5.82 Å². The smallest absolute Gasteiger partial charge is 0.258 e. The number of aromatic nitrogens is 4. The third kappa shape index (κ3) is 3.48. The monoisotopic (exact) mass is 315 g/mol. The highest BCUT2D eigenvalue weighted by Crippen LogP contribution is 2.19. The number of hydrogen-bond donors (Lipinski definition) is 1. The van der Waals surface area contributed by atoms with Gasteiger partial charge in [0.2, 0.25) is 0 Å². The van der Waals surface area contributed by atoms with E-state index < -0.39 is 0 Å². The molecule has 0 aliphatic carbocycles. The summed E-state index contributed by atoms with van der Waals surface area (Å²) in [6.07, 6.45) is 5.61. The molecule has 0 radical (unpaired) electrons. The van der Waals surface area contributed by atoms with Crippen molar-refractivity contribution in [2.45, 2.75) is 26.7 Å². The van der Waals surface area contributed by atoms with E-state index >= 15 is 0 Å². The van der Waals surface area contributed by atoms with Crippen LogP contribution in [-0.2, 0) is 12.8 Å². The van der Waals surface area contributed by atoms with Crippen LogP contribution >= 0.6 is 11.3 Å². The van der Waals surface area contributed by atoms with E-state index in [1.807, 2.05) is 18.3 Å². The maximum absolute atomic E-state index is 5.17. The Balaban J connectivity index is 1.61. The molecule has 3 rings (SSSR count). The van der Waals surface area contributed by atoms with Gasteiger partial charge >= 0.3 is 0 Å². The molecule has 0 aliphatic heterocycles. The second-order valence-electron chi connectivity index (χ2n) is 4.83. The number of anilines is 1. The molecule has 3 aromatic rings. The van der Waals surface area contributed by atoms with Crippen molar-refractivity contribution in [3.8, 4) is 11.5 Å². The lowest BCUT2D eigenvalue weighted by Crippen LogP contribution is -2.06. The van der Waals surface area contributed by atoms with E-state index in [-0.39, 0.29) is 0 Å². The fourth-order valence-electron chi connectivity index (χ4n) is 2.00. The normalized spacial score (nSPS) is 10.8. The molecule has 0 unspecified atom stereocenters. The van der Waals surface area contributed by atoms with Crippen LogP contribution in [-0.4, -0.2) is 26.7 Å². The van der Waals surface area contributed by atoms with E-state index in [4.69, 9.17) is 4.52 Å². The Morgan fingerprint density at radius 3 is 2.95 bits per heavy atom. The van der Waals surface area contributed by atoms with Crippen LogP contribution in [0, 0.1) is 6.92 Å². The van der Waals surface area contributed by atoms with Gasteiger partial charge in [-0.3, -0.25) is 0 Å². The Bertz CT molecular complexity index is 752. The van der Waals surface area contributed by atoms with Crippen molar-refractivity contribution in [2.24, 2.45) is 0 Å². The summed E-state index contributed by atoms with van der Waals surface area (Å²) in [6, 6.07) is 3.76. The van der Waals surface area contributed by atoms with Gasteiger partial charge in [-0.15, -0.1) is 11.3 Å². The van der Waals surface area contributed by atoms with Gasteiger partial charge in [-0.05, 0) is 25.5 Å². The number of aryl methyl sites for hydroxylation is 2. The lowest BCUT2D eigenvalue weighted by atomic mass is 10.2. The number of hydrogen-bond acceptors (Lipinski definition) is 7. The summed E-state index contributed by atoms with van der Waals surface area (Å²) in [5, 5.41) is 8.25. The molecule has 1 N–H and O–H groups in total. The molecule has 3 heterocycles. The fraction of sp³-hybridized carbons (Fsp3) is 0.333. The number of nitrogens with one attached hydrogen (secondary N) is 1. The molecule has 7 heteroatoms. The molecule has 0 spiro atoms. The summed E-state index contributed by atoms with van der Waals surface area (Å²) in [5.41, 5.74) is 0.862. The van der Waals surface area contributed by atoms with E-state index in [9.17, 15) is 0 Å². The summed E-state index contributed by atoms with van der Waals surface area (Å²) in [7, 11) is 0. The molecular formula is C15H17N5OS. The third-order valence-electron chi connectivity index (χ3n) is 3.13. The molecule has 0 amide bonds. The quantitative estimate of drug-likeness (QED) is 0.753. The Morgan fingerprint density at radius 1 is 1.32 bits per heavy atom. The van der Waals surface area contributed by atoms with Gasteiger partial charge < -0.3 is 9.84 Å². The fourth-order valence-corrected chi connectivity index (χ4v) is 2.86. The van der Waals surface area contributed by atoms with Crippen molar-refractivity contribution in [2.75, 3.05) is 11.9 Å². The minimum absolute atomic E-state index is 0.510. The third-order valence-corrected chi connectivity index (χ3v) is 4.33. The van der Waals surface area contributed by atoms with Crippen LogP contribution in [0.15, 0.2) is 29.0 Å². The largest absolute Gasteiger partial charge is 0.370 e. The molecule has 0 saturated carbocycles. The Labute approximate surface area is 132 Å². The average molecular weight is 315 g/mol. The number of nitrogens with zero attached hydrogens (tertiary/aromatic N) is 4. The topological polar surface area (TPSA) is 76.7 Å². The van der Waals surface area contributed by atoms with Crippen LogP contribution < -0.4 is 5.32 Å². The lowest BCUT2D eigenvalue weighted by molar-refractivity contribution is 0.425. The van der Waals surface area contributed by atoms with Crippen molar-refractivity contribution in [1.82, 2.24) is 20.1 Å². The molecule has 22 heavy (non-hydrogen) atoms. The maximum atomic E-state index is 5.17. The molecule has 0 aromatic carbocycles. The Kier molecular flexibility index (Phi) is 4.43. The van der Waals surface area contributed by atoms with Crippen LogP contribution in [0.25, 0.3) is 11.5 Å². The van der Waals surface area contributed by atoms with Crippen LogP contribution in [0.2, 0.25) is 0 Å². The van der Waals surface area contributed by atoms with Gasteiger partial charge in [-0.25, -0.2) is 9.97 Å². The molecule has 0 aliphatic rings. The highest BCUT2D eigenvalue weighted by molar-refractivity contribution is 7.11. The van der Waals surface area contributed by atoms with E-state index in [1.54, 1.807) is 24.5 Å². The first kappa shape index (κ1) is 14.6. The Morgan fingerprint density at radius 2 is 2.23 bits per heavy atom.